The van der Waals surface area contributed by atoms with Crippen molar-refractivity contribution in [2.24, 2.45) is 0 Å². The van der Waals surface area contributed by atoms with Gasteiger partial charge in [-0.2, -0.15) is 0 Å². The van der Waals surface area contributed by atoms with Crippen LogP contribution in [-0.4, -0.2) is 7.11 Å². The fourth-order valence-electron chi connectivity index (χ4n) is 1.78. The van der Waals surface area contributed by atoms with Crippen molar-refractivity contribution in [2.75, 3.05) is 12.4 Å². The number of benzene rings is 2. The van der Waals surface area contributed by atoms with Crippen LogP contribution in [-0.2, 0) is 6.54 Å². The Labute approximate surface area is 141 Å². The van der Waals surface area contributed by atoms with Crippen LogP contribution in [0.25, 0.3) is 0 Å². The van der Waals surface area contributed by atoms with Gasteiger partial charge in [0.15, 0.2) is 5.75 Å². The monoisotopic (exact) mass is 393 g/mol. The molecule has 0 spiro atoms. The van der Waals surface area contributed by atoms with Crippen LogP contribution in [0.15, 0.2) is 34.8 Å². The first kappa shape index (κ1) is 15.8. The van der Waals surface area contributed by atoms with Crippen molar-refractivity contribution in [1.29, 1.82) is 0 Å². The van der Waals surface area contributed by atoms with Crippen LogP contribution in [0.3, 0.4) is 0 Å². The van der Waals surface area contributed by atoms with E-state index in [9.17, 15) is 0 Å². The number of halogens is 4. The van der Waals surface area contributed by atoms with Gasteiger partial charge in [0.2, 0.25) is 0 Å². The first-order valence-corrected chi connectivity index (χ1v) is 7.65. The molecule has 20 heavy (non-hydrogen) atoms. The van der Waals surface area contributed by atoms with Crippen LogP contribution in [0.2, 0.25) is 15.1 Å². The minimum Gasteiger partial charge on any atom is -0.493 e. The van der Waals surface area contributed by atoms with Crippen LogP contribution >= 0.6 is 50.7 Å². The summed E-state index contributed by atoms with van der Waals surface area (Å²) in [7, 11) is 1.60. The van der Waals surface area contributed by atoms with Gasteiger partial charge in [-0.3, -0.25) is 0 Å². The topological polar surface area (TPSA) is 21.3 Å². The van der Waals surface area contributed by atoms with Gasteiger partial charge in [0.05, 0.1) is 17.3 Å². The van der Waals surface area contributed by atoms with E-state index >= 15 is 0 Å². The van der Waals surface area contributed by atoms with Crippen molar-refractivity contribution >= 4 is 56.4 Å². The summed E-state index contributed by atoms with van der Waals surface area (Å²) in [6, 6.07) is 8.97. The molecule has 2 nitrogen and oxygen atoms in total. The lowest BCUT2D eigenvalue weighted by atomic mass is 10.2. The molecule has 0 aliphatic rings. The van der Waals surface area contributed by atoms with Gasteiger partial charge in [-0.15, -0.1) is 0 Å². The van der Waals surface area contributed by atoms with Gasteiger partial charge in [0, 0.05) is 27.2 Å². The Balaban J connectivity index is 2.27. The maximum absolute atomic E-state index is 6.14. The summed E-state index contributed by atoms with van der Waals surface area (Å²) in [6.07, 6.45) is 0. The van der Waals surface area contributed by atoms with E-state index in [1.165, 1.54) is 0 Å². The summed E-state index contributed by atoms with van der Waals surface area (Å²) in [6.45, 7) is 0.474. The maximum Gasteiger partial charge on any atom is 0.156 e. The summed E-state index contributed by atoms with van der Waals surface area (Å²) in [5.41, 5.74) is 1.59. The number of methoxy groups -OCH3 is 1. The smallest absolute Gasteiger partial charge is 0.156 e. The molecular formula is C14H11BrCl3NO. The summed E-state index contributed by atoms with van der Waals surface area (Å²) < 4.78 is 6.12. The fraction of sp³-hybridized carbons (Fsp3) is 0.143. The van der Waals surface area contributed by atoms with Crippen LogP contribution < -0.4 is 10.1 Å². The summed E-state index contributed by atoms with van der Waals surface area (Å²) >= 11 is 21.7. The predicted octanol–water partition coefficient (Wildman–Crippen LogP) is 6.03. The highest BCUT2D eigenvalue weighted by Crippen LogP contribution is 2.37. The quantitative estimate of drug-likeness (QED) is 0.682. The molecule has 2 aromatic rings. The SMILES string of the molecule is COc1c(Br)cc(Cl)cc1NCc1c(Cl)cccc1Cl. The van der Waals surface area contributed by atoms with E-state index in [-0.39, 0.29) is 0 Å². The molecule has 0 radical (unpaired) electrons. The first-order valence-electron chi connectivity index (χ1n) is 5.72. The van der Waals surface area contributed by atoms with E-state index in [0.29, 0.717) is 27.4 Å². The highest BCUT2D eigenvalue weighted by molar-refractivity contribution is 9.10. The minimum atomic E-state index is 0.474. The van der Waals surface area contributed by atoms with Crippen LogP contribution in [0.1, 0.15) is 5.56 Å². The molecule has 0 aliphatic carbocycles. The zero-order valence-electron chi connectivity index (χ0n) is 10.5. The third kappa shape index (κ3) is 3.53. The van der Waals surface area contributed by atoms with Crippen molar-refractivity contribution < 1.29 is 4.74 Å². The van der Waals surface area contributed by atoms with Gasteiger partial charge in [0.25, 0.3) is 0 Å². The highest BCUT2D eigenvalue weighted by atomic mass is 79.9. The molecule has 0 fully saturated rings. The normalized spacial score (nSPS) is 10.4. The molecule has 0 amide bonds. The van der Waals surface area contributed by atoms with E-state index < -0.39 is 0 Å². The standard InChI is InChI=1S/C14H11BrCl3NO/c1-20-14-10(15)5-8(16)6-13(14)19-7-9-11(17)3-2-4-12(9)18/h2-6,19H,7H2,1H3. The second-order valence-corrected chi connectivity index (χ2v) is 6.13. The molecule has 0 bridgehead atoms. The average Bonchev–Trinajstić information content (AvgIpc) is 2.37. The molecule has 0 aromatic heterocycles. The van der Waals surface area contributed by atoms with Gasteiger partial charge >= 0.3 is 0 Å². The highest BCUT2D eigenvalue weighted by Gasteiger charge is 2.11. The largest absolute Gasteiger partial charge is 0.493 e. The molecule has 0 atom stereocenters. The lowest BCUT2D eigenvalue weighted by Gasteiger charge is -2.14. The van der Waals surface area contributed by atoms with Crippen LogP contribution in [0, 0.1) is 0 Å². The second-order valence-electron chi connectivity index (χ2n) is 4.02. The van der Waals surface area contributed by atoms with E-state index in [4.69, 9.17) is 39.5 Å². The van der Waals surface area contributed by atoms with Crippen molar-refractivity contribution in [3.05, 3.63) is 55.4 Å². The number of nitrogens with one attached hydrogen (secondary N) is 1. The zero-order valence-corrected chi connectivity index (χ0v) is 14.4. The molecule has 2 rings (SSSR count). The number of hydrogen-bond donors (Lipinski definition) is 1. The molecule has 1 N–H and O–H groups in total. The van der Waals surface area contributed by atoms with E-state index in [2.05, 4.69) is 21.2 Å². The average molecular weight is 396 g/mol. The van der Waals surface area contributed by atoms with Crippen molar-refractivity contribution in [3.8, 4) is 5.75 Å². The van der Waals surface area contributed by atoms with Gasteiger partial charge in [-0.25, -0.2) is 0 Å². The van der Waals surface area contributed by atoms with Gasteiger partial charge < -0.3 is 10.1 Å². The molecule has 2 aromatic carbocycles. The molecular weight excluding hydrogens is 384 g/mol. The Morgan fingerprint density at radius 3 is 2.40 bits per heavy atom. The Hall–Kier alpha value is -0.610. The Morgan fingerprint density at radius 1 is 1.15 bits per heavy atom. The third-order valence-electron chi connectivity index (χ3n) is 2.73. The molecule has 0 saturated carbocycles. The first-order chi connectivity index (χ1) is 9.52. The lowest BCUT2D eigenvalue weighted by molar-refractivity contribution is 0.414. The minimum absolute atomic E-state index is 0.474. The lowest BCUT2D eigenvalue weighted by Crippen LogP contribution is -2.03. The fourth-order valence-corrected chi connectivity index (χ4v) is 3.29. The number of anilines is 1. The van der Waals surface area contributed by atoms with Crippen LogP contribution in [0.4, 0.5) is 5.69 Å². The number of hydrogen-bond acceptors (Lipinski definition) is 2. The summed E-state index contributed by atoms with van der Waals surface area (Å²) in [4.78, 5) is 0. The van der Waals surface area contributed by atoms with Crippen molar-refractivity contribution in [2.45, 2.75) is 6.54 Å². The van der Waals surface area contributed by atoms with Gasteiger partial charge in [-0.1, -0.05) is 40.9 Å². The molecule has 0 saturated heterocycles. The Morgan fingerprint density at radius 2 is 1.80 bits per heavy atom. The van der Waals surface area contributed by atoms with Crippen LogP contribution in [0.5, 0.6) is 5.75 Å². The third-order valence-corrected chi connectivity index (χ3v) is 4.25. The van der Waals surface area contributed by atoms with Gasteiger partial charge in [-0.05, 0) is 40.2 Å². The van der Waals surface area contributed by atoms with E-state index in [0.717, 1.165) is 15.7 Å². The molecule has 0 aliphatic heterocycles. The number of ether oxygens (including phenoxy) is 1. The Kier molecular flexibility index (Phi) is 5.44. The molecule has 106 valence electrons. The Bertz CT molecular complexity index is 614. The number of rotatable bonds is 4. The summed E-state index contributed by atoms with van der Waals surface area (Å²) in [5, 5.41) is 5.07. The van der Waals surface area contributed by atoms with E-state index in [1.807, 2.05) is 6.07 Å². The zero-order chi connectivity index (χ0) is 14.7. The molecule has 0 heterocycles. The maximum atomic E-state index is 6.14. The molecule has 6 heteroatoms. The summed E-state index contributed by atoms with van der Waals surface area (Å²) in [5.74, 6) is 0.678. The predicted molar refractivity (Wildman–Crippen MR) is 89.5 cm³/mol. The van der Waals surface area contributed by atoms with E-state index in [1.54, 1.807) is 31.4 Å². The second kappa shape index (κ2) is 6.90. The van der Waals surface area contributed by atoms with Gasteiger partial charge in [0.1, 0.15) is 0 Å². The van der Waals surface area contributed by atoms with Crippen molar-refractivity contribution in [1.82, 2.24) is 0 Å². The molecule has 0 unspecified atom stereocenters. The van der Waals surface area contributed by atoms with Crippen molar-refractivity contribution in [3.63, 3.8) is 0 Å².